The number of amides is 1. The van der Waals surface area contributed by atoms with Gasteiger partial charge in [0.2, 0.25) is 5.91 Å². The molecule has 1 amide bonds. The summed E-state index contributed by atoms with van der Waals surface area (Å²) in [4.78, 5) is 12.8. The Labute approximate surface area is 283 Å². The van der Waals surface area contributed by atoms with Crippen molar-refractivity contribution in [1.29, 1.82) is 0 Å². The van der Waals surface area contributed by atoms with Crippen LogP contribution in [0.2, 0.25) is 0 Å². The zero-order chi connectivity index (χ0) is 33.7. The minimum Gasteiger partial charge on any atom is -0.508 e. The van der Waals surface area contributed by atoms with Crippen molar-refractivity contribution in [1.82, 2.24) is 16.0 Å². The number of benzene rings is 5. The van der Waals surface area contributed by atoms with Crippen LogP contribution in [0.15, 0.2) is 127 Å². The van der Waals surface area contributed by atoms with Gasteiger partial charge in [0, 0.05) is 31.2 Å². The second-order valence-electron chi connectivity index (χ2n) is 12.3. The van der Waals surface area contributed by atoms with E-state index < -0.39 is 6.10 Å². The summed E-state index contributed by atoms with van der Waals surface area (Å²) in [5.74, 6) is -0.0185. The van der Waals surface area contributed by atoms with Gasteiger partial charge in [-0.05, 0) is 64.4 Å². The van der Waals surface area contributed by atoms with Gasteiger partial charge >= 0.3 is 0 Å². The smallest absolute Gasteiger partial charge is 0.224 e. The number of aromatic hydroxyl groups is 1. The Bertz CT molecular complexity index is 1690. The van der Waals surface area contributed by atoms with Crippen LogP contribution in [-0.2, 0) is 37.3 Å². The lowest BCUT2D eigenvalue weighted by molar-refractivity contribution is -0.120. The highest BCUT2D eigenvalue weighted by molar-refractivity contribution is 5.78. The lowest BCUT2D eigenvalue weighted by Gasteiger charge is -2.20. The molecule has 1 unspecified atom stereocenters. The summed E-state index contributed by atoms with van der Waals surface area (Å²) < 4.78 is 0. The highest BCUT2D eigenvalue weighted by Crippen LogP contribution is 2.24. The van der Waals surface area contributed by atoms with Crippen LogP contribution in [0, 0.1) is 0 Å². The second kappa shape index (κ2) is 17.4. The number of phenols is 1. The number of aliphatic hydroxyl groups excluding tert-OH is 2. The second-order valence-corrected chi connectivity index (χ2v) is 12.3. The fraction of sp³-hybridized carbons (Fsp3) is 0.244. The first-order chi connectivity index (χ1) is 23.4. The molecule has 0 aromatic heterocycles. The number of carbonyl (C=O) groups excluding carboxylic acids is 1. The fourth-order valence-electron chi connectivity index (χ4n) is 5.82. The van der Waals surface area contributed by atoms with Crippen LogP contribution >= 0.6 is 0 Å². The van der Waals surface area contributed by atoms with E-state index >= 15 is 0 Å². The van der Waals surface area contributed by atoms with Gasteiger partial charge in [0.05, 0.1) is 25.2 Å². The summed E-state index contributed by atoms with van der Waals surface area (Å²) in [5, 5.41) is 39.8. The molecule has 7 heteroatoms. The van der Waals surface area contributed by atoms with E-state index in [1.807, 2.05) is 37.3 Å². The number of aliphatic hydroxyl groups is 2. The third-order valence-electron chi connectivity index (χ3n) is 8.51. The molecule has 5 aromatic rings. The van der Waals surface area contributed by atoms with Gasteiger partial charge in [-0.2, -0.15) is 0 Å². The van der Waals surface area contributed by atoms with Gasteiger partial charge in [0.1, 0.15) is 5.75 Å². The Kier molecular flexibility index (Phi) is 12.5. The minimum absolute atomic E-state index is 0.0121. The van der Waals surface area contributed by atoms with Gasteiger partial charge in [-0.3, -0.25) is 4.79 Å². The molecule has 0 aliphatic heterocycles. The number of rotatable bonds is 16. The average Bonchev–Trinajstić information content (AvgIpc) is 3.11. The molecule has 0 saturated carbocycles. The third-order valence-corrected chi connectivity index (χ3v) is 8.51. The summed E-state index contributed by atoms with van der Waals surface area (Å²) in [6, 6.07) is 42.2. The van der Waals surface area contributed by atoms with Crippen LogP contribution in [0.25, 0.3) is 0 Å². The van der Waals surface area contributed by atoms with Crippen LogP contribution in [0.4, 0.5) is 0 Å². The molecular weight excluding hydrogens is 598 g/mol. The van der Waals surface area contributed by atoms with E-state index in [9.17, 15) is 20.1 Å². The Morgan fingerprint density at radius 1 is 0.667 bits per heavy atom. The van der Waals surface area contributed by atoms with Gasteiger partial charge in [-0.15, -0.1) is 0 Å². The molecule has 0 heterocycles. The summed E-state index contributed by atoms with van der Waals surface area (Å²) in [6.45, 7) is 3.28. The van der Waals surface area contributed by atoms with Crippen LogP contribution in [0.5, 0.6) is 5.75 Å². The number of carbonyl (C=O) groups is 1. The van der Waals surface area contributed by atoms with Gasteiger partial charge in [0.25, 0.3) is 0 Å². The van der Waals surface area contributed by atoms with Gasteiger partial charge in [-0.1, -0.05) is 115 Å². The summed E-state index contributed by atoms with van der Waals surface area (Å²) in [7, 11) is 0. The Morgan fingerprint density at radius 2 is 1.29 bits per heavy atom. The summed E-state index contributed by atoms with van der Waals surface area (Å²) in [5.41, 5.74) is 7.74. The van der Waals surface area contributed by atoms with E-state index in [1.54, 1.807) is 12.1 Å². The molecule has 5 rings (SSSR count). The lowest BCUT2D eigenvalue weighted by Crippen LogP contribution is -2.32. The molecule has 6 N–H and O–H groups in total. The monoisotopic (exact) mass is 643 g/mol. The molecule has 0 fully saturated rings. The molecule has 0 spiro atoms. The average molecular weight is 644 g/mol. The van der Waals surface area contributed by atoms with E-state index in [4.69, 9.17) is 0 Å². The molecule has 0 saturated heterocycles. The van der Waals surface area contributed by atoms with Crippen molar-refractivity contribution < 1.29 is 20.1 Å². The van der Waals surface area contributed by atoms with Crippen LogP contribution < -0.4 is 16.0 Å². The molecule has 0 bridgehead atoms. The number of nitrogens with one attached hydrogen (secondary N) is 3. The molecular formula is C41H45N3O4. The van der Waals surface area contributed by atoms with Gasteiger partial charge < -0.3 is 31.3 Å². The van der Waals surface area contributed by atoms with Crippen molar-refractivity contribution in [2.24, 2.45) is 0 Å². The van der Waals surface area contributed by atoms with E-state index in [2.05, 4.69) is 94.8 Å². The largest absolute Gasteiger partial charge is 0.508 e. The molecule has 0 aliphatic rings. The highest BCUT2D eigenvalue weighted by Gasteiger charge is 2.14. The van der Waals surface area contributed by atoms with E-state index in [0.29, 0.717) is 30.6 Å². The highest BCUT2D eigenvalue weighted by atomic mass is 16.3. The van der Waals surface area contributed by atoms with E-state index in [-0.39, 0.29) is 30.3 Å². The fourth-order valence-corrected chi connectivity index (χ4v) is 5.82. The van der Waals surface area contributed by atoms with Gasteiger partial charge in [-0.25, -0.2) is 0 Å². The predicted octanol–water partition coefficient (Wildman–Crippen LogP) is 5.88. The van der Waals surface area contributed by atoms with Crippen molar-refractivity contribution in [2.45, 2.75) is 57.6 Å². The van der Waals surface area contributed by atoms with Crippen molar-refractivity contribution in [3.8, 4) is 5.75 Å². The van der Waals surface area contributed by atoms with Crippen LogP contribution in [0.3, 0.4) is 0 Å². The van der Waals surface area contributed by atoms with E-state index in [0.717, 1.165) is 29.7 Å². The Hall–Kier alpha value is -4.79. The molecule has 248 valence electrons. The molecule has 5 aromatic carbocycles. The maximum atomic E-state index is 12.8. The first-order valence-corrected chi connectivity index (χ1v) is 16.5. The van der Waals surface area contributed by atoms with Crippen molar-refractivity contribution in [2.75, 3.05) is 6.54 Å². The molecule has 0 radical (unpaired) electrons. The molecule has 7 nitrogen and oxygen atoms in total. The normalized spacial score (nSPS) is 12.5. The van der Waals surface area contributed by atoms with Gasteiger partial charge in [0.15, 0.2) is 0 Å². The van der Waals surface area contributed by atoms with Crippen molar-refractivity contribution in [3.63, 3.8) is 0 Å². The third kappa shape index (κ3) is 10.1. The van der Waals surface area contributed by atoms with Crippen molar-refractivity contribution >= 4 is 5.91 Å². The Balaban J connectivity index is 1.06. The molecule has 2 atom stereocenters. The first kappa shape index (κ1) is 34.5. The van der Waals surface area contributed by atoms with E-state index in [1.165, 1.54) is 22.8 Å². The van der Waals surface area contributed by atoms with Crippen LogP contribution in [-0.4, -0.2) is 33.8 Å². The summed E-state index contributed by atoms with van der Waals surface area (Å²) in [6.07, 6.45) is 0.260. The lowest BCUT2D eigenvalue weighted by atomic mass is 9.98. The number of hydrogen-bond acceptors (Lipinski definition) is 6. The maximum Gasteiger partial charge on any atom is 0.224 e. The minimum atomic E-state index is -0.770. The quantitative estimate of drug-likeness (QED) is 0.0801. The Morgan fingerprint density at radius 3 is 1.94 bits per heavy atom. The maximum absolute atomic E-state index is 12.8. The zero-order valence-electron chi connectivity index (χ0n) is 27.3. The predicted molar refractivity (Wildman–Crippen MR) is 190 cm³/mol. The topological polar surface area (TPSA) is 114 Å². The zero-order valence-corrected chi connectivity index (χ0v) is 27.3. The molecule has 0 aliphatic carbocycles. The number of hydrogen-bond donors (Lipinski definition) is 6. The SMILES string of the molecule is CC(Cc1cccc(CC(=O)NCc2ccc(CNC(c3ccccc3)c3ccccc3)cc2)c1)NC[C@H](O)c1ccc(O)c(CO)c1. The first-order valence-electron chi connectivity index (χ1n) is 16.5. The van der Waals surface area contributed by atoms with Crippen molar-refractivity contribution in [3.05, 3.63) is 172 Å². The summed E-state index contributed by atoms with van der Waals surface area (Å²) >= 11 is 0. The molecule has 48 heavy (non-hydrogen) atoms. The van der Waals surface area contributed by atoms with Crippen LogP contribution in [0.1, 0.15) is 63.6 Å². The standard InChI is InChI=1S/C41H45N3O4/c1-29(42-27-39(47)36-19-20-38(46)37(24-36)28-45)21-32-9-8-10-33(22-32)23-40(48)43-25-30-15-17-31(18-16-30)26-44-41(34-11-4-2-5-12-34)35-13-6-3-7-14-35/h2-20,22,24,29,39,41-42,44-47H,21,23,25-28H2,1H3,(H,43,48)/t29?,39-/m0/s1.